The van der Waals surface area contributed by atoms with Crippen LogP contribution in [0.1, 0.15) is 5.56 Å². The maximum atomic E-state index is 13.2. The van der Waals surface area contributed by atoms with Gasteiger partial charge in [-0.2, -0.15) is 13.2 Å². The lowest BCUT2D eigenvalue weighted by Gasteiger charge is -2.16. The number of ether oxygens (including phenoxy) is 2. The highest BCUT2D eigenvalue weighted by atomic mass is 19.4. The first-order chi connectivity index (χ1) is 11.9. The molecule has 0 aliphatic heterocycles. The van der Waals surface area contributed by atoms with Crippen LogP contribution < -0.4 is 14.8 Å². The molecule has 0 aliphatic rings. The van der Waals surface area contributed by atoms with Crippen LogP contribution in [-0.4, -0.2) is 31.5 Å². The molecule has 0 atom stereocenters. The van der Waals surface area contributed by atoms with Crippen LogP contribution in [0.15, 0.2) is 42.5 Å². The smallest absolute Gasteiger partial charge is 0.418 e. The van der Waals surface area contributed by atoms with Crippen molar-refractivity contribution in [3.63, 3.8) is 0 Å². The predicted molar refractivity (Wildman–Crippen MR) is 84.4 cm³/mol. The molecule has 2 rings (SSSR count). The Morgan fingerprint density at radius 2 is 1.56 bits per heavy atom. The zero-order chi connectivity index (χ0) is 18.3. The predicted octanol–water partition coefficient (Wildman–Crippen LogP) is 3.71. The molecular weight excluding hydrogens is 342 g/mol. The van der Waals surface area contributed by atoms with Crippen molar-refractivity contribution in [3.8, 4) is 11.5 Å². The molecule has 2 aromatic rings. The molecule has 0 amide bonds. The molecule has 0 saturated heterocycles. The Bertz CT molecular complexity index is 675. The number of nitrogens with one attached hydrogen (secondary N) is 1. The molecule has 0 aromatic heterocycles. The summed E-state index contributed by atoms with van der Waals surface area (Å²) in [7, 11) is 0. The molecule has 136 valence electrons. The number of benzene rings is 2. The van der Waals surface area contributed by atoms with E-state index in [0.29, 0.717) is 5.75 Å². The van der Waals surface area contributed by atoms with E-state index in [1.807, 2.05) is 0 Å². The summed E-state index contributed by atoms with van der Waals surface area (Å²) in [5.74, 6) is 0.0466. The Hall–Kier alpha value is -2.48. The second-order valence-corrected chi connectivity index (χ2v) is 5.01. The van der Waals surface area contributed by atoms with Gasteiger partial charge in [0, 0.05) is 12.2 Å². The average Bonchev–Trinajstić information content (AvgIpc) is 2.58. The first-order valence-corrected chi connectivity index (χ1v) is 7.47. The molecule has 0 saturated carbocycles. The summed E-state index contributed by atoms with van der Waals surface area (Å²) in [5, 5.41) is 11.3. The summed E-state index contributed by atoms with van der Waals surface area (Å²) in [6.07, 6.45) is -4.56. The minimum atomic E-state index is -4.56. The number of aliphatic hydroxyl groups is 1. The van der Waals surface area contributed by atoms with Crippen molar-refractivity contribution in [2.45, 2.75) is 6.18 Å². The molecule has 0 spiro atoms. The van der Waals surface area contributed by atoms with Crippen LogP contribution in [0.3, 0.4) is 0 Å². The van der Waals surface area contributed by atoms with Crippen molar-refractivity contribution >= 4 is 5.69 Å². The van der Waals surface area contributed by atoms with E-state index in [4.69, 9.17) is 14.6 Å². The molecule has 0 fully saturated rings. The third-order valence-corrected chi connectivity index (χ3v) is 3.16. The number of anilines is 1. The van der Waals surface area contributed by atoms with Crippen LogP contribution in [0.4, 0.5) is 23.2 Å². The summed E-state index contributed by atoms with van der Waals surface area (Å²) < 4.78 is 62.5. The summed E-state index contributed by atoms with van der Waals surface area (Å²) in [6, 6.07) is 8.85. The van der Waals surface area contributed by atoms with Gasteiger partial charge < -0.3 is 19.9 Å². The zero-order valence-corrected chi connectivity index (χ0v) is 13.1. The topological polar surface area (TPSA) is 50.7 Å². The molecule has 0 heterocycles. The van der Waals surface area contributed by atoms with Crippen LogP contribution in [0.5, 0.6) is 11.5 Å². The van der Waals surface area contributed by atoms with Gasteiger partial charge in [0.15, 0.2) is 0 Å². The van der Waals surface area contributed by atoms with Crippen molar-refractivity contribution in [2.75, 3.05) is 31.7 Å². The van der Waals surface area contributed by atoms with Gasteiger partial charge in [0.25, 0.3) is 0 Å². The van der Waals surface area contributed by atoms with E-state index in [2.05, 4.69) is 5.32 Å². The third-order valence-electron chi connectivity index (χ3n) is 3.16. The maximum Gasteiger partial charge on any atom is 0.418 e. The Kier molecular flexibility index (Phi) is 6.46. The van der Waals surface area contributed by atoms with Crippen molar-refractivity contribution < 1.29 is 32.1 Å². The molecule has 2 N–H and O–H groups in total. The molecule has 0 unspecified atom stereocenters. The minimum absolute atomic E-state index is 0.0227. The Balaban J connectivity index is 1.96. The summed E-state index contributed by atoms with van der Waals surface area (Å²) >= 11 is 0. The molecule has 4 nitrogen and oxygen atoms in total. The fourth-order valence-electron chi connectivity index (χ4n) is 2.05. The Morgan fingerprint density at radius 3 is 2.20 bits per heavy atom. The maximum absolute atomic E-state index is 13.2. The van der Waals surface area contributed by atoms with Crippen LogP contribution in [0, 0.1) is 5.82 Å². The number of hydrogen-bond donors (Lipinski definition) is 2. The lowest BCUT2D eigenvalue weighted by Crippen LogP contribution is -2.16. The normalized spacial score (nSPS) is 11.2. The number of aliphatic hydroxyl groups excluding tert-OH is 1. The van der Waals surface area contributed by atoms with Crippen LogP contribution in [0.25, 0.3) is 0 Å². The number of alkyl halides is 3. The van der Waals surface area contributed by atoms with Crippen LogP contribution in [-0.2, 0) is 6.18 Å². The molecule has 2 aromatic carbocycles. The molecule has 8 heteroatoms. The fraction of sp³-hybridized carbons (Fsp3) is 0.294. The second-order valence-electron chi connectivity index (χ2n) is 5.01. The van der Waals surface area contributed by atoms with Crippen LogP contribution in [0.2, 0.25) is 0 Å². The second kappa shape index (κ2) is 8.57. The summed E-state index contributed by atoms with van der Waals surface area (Å²) in [6.45, 7) is -0.152. The molecule has 0 bridgehead atoms. The lowest BCUT2D eigenvalue weighted by molar-refractivity contribution is -0.137. The van der Waals surface area contributed by atoms with Gasteiger partial charge in [0.05, 0.1) is 12.2 Å². The molecule has 0 aliphatic carbocycles. The monoisotopic (exact) mass is 359 g/mol. The summed E-state index contributed by atoms with van der Waals surface area (Å²) in [4.78, 5) is 0. The highest BCUT2D eigenvalue weighted by molar-refractivity contribution is 5.55. The first-order valence-electron chi connectivity index (χ1n) is 7.47. The van der Waals surface area contributed by atoms with Gasteiger partial charge in [-0.1, -0.05) is 0 Å². The van der Waals surface area contributed by atoms with E-state index >= 15 is 0 Å². The first kappa shape index (κ1) is 18.9. The van der Waals surface area contributed by atoms with E-state index < -0.39 is 17.6 Å². The number of halogens is 4. The van der Waals surface area contributed by atoms with Crippen molar-refractivity contribution in [1.29, 1.82) is 0 Å². The highest BCUT2D eigenvalue weighted by Crippen LogP contribution is 2.37. The van der Waals surface area contributed by atoms with Gasteiger partial charge in [0.2, 0.25) is 0 Å². The van der Waals surface area contributed by atoms with Gasteiger partial charge >= 0.3 is 6.18 Å². The Morgan fingerprint density at radius 1 is 0.920 bits per heavy atom. The van der Waals surface area contributed by atoms with Gasteiger partial charge in [-0.3, -0.25) is 0 Å². The SMILES string of the molecule is OCCOc1ccc(NCCOc2ccc(F)cc2)c(C(F)(F)F)c1. The van der Waals surface area contributed by atoms with Crippen LogP contribution >= 0.6 is 0 Å². The largest absolute Gasteiger partial charge is 0.492 e. The van der Waals surface area contributed by atoms with Crippen molar-refractivity contribution in [1.82, 2.24) is 0 Å². The van der Waals surface area contributed by atoms with E-state index in [-0.39, 0.29) is 37.8 Å². The van der Waals surface area contributed by atoms with E-state index in [9.17, 15) is 17.6 Å². The standard InChI is InChI=1S/C17H17F4NO3/c18-12-1-3-13(4-2-12)24-9-7-22-16-6-5-14(25-10-8-23)11-15(16)17(19,20)21/h1-6,11,22-23H,7-10H2. The molecule has 25 heavy (non-hydrogen) atoms. The van der Waals surface area contributed by atoms with E-state index in [0.717, 1.165) is 6.07 Å². The van der Waals surface area contributed by atoms with Gasteiger partial charge in [-0.05, 0) is 42.5 Å². The van der Waals surface area contributed by atoms with Crippen molar-refractivity contribution in [3.05, 3.63) is 53.8 Å². The minimum Gasteiger partial charge on any atom is -0.492 e. The van der Waals surface area contributed by atoms with Gasteiger partial charge in [0.1, 0.15) is 30.5 Å². The quantitative estimate of drug-likeness (QED) is 0.557. The highest BCUT2D eigenvalue weighted by Gasteiger charge is 2.34. The zero-order valence-electron chi connectivity index (χ0n) is 13.1. The van der Waals surface area contributed by atoms with E-state index in [1.165, 1.54) is 36.4 Å². The number of hydrogen-bond acceptors (Lipinski definition) is 4. The Labute approximate surface area is 142 Å². The summed E-state index contributed by atoms with van der Waals surface area (Å²) in [5.41, 5.74) is -0.976. The average molecular weight is 359 g/mol. The van der Waals surface area contributed by atoms with Gasteiger partial charge in [-0.15, -0.1) is 0 Å². The van der Waals surface area contributed by atoms with Gasteiger partial charge in [-0.25, -0.2) is 4.39 Å². The van der Waals surface area contributed by atoms with E-state index in [1.54, 1.807) is 0 Å². The fourth-order valence-corrected chi connectivity index (χ4v) is 2.05. The molecule has 0 radical (unpaired) electrons. The van der Waals surface area contributed by atoms with Crippen molar-refractivity contribution in [2.24, 2.45) is 0 Å². The third kappa shape index (κ3) is 5.82. The number of rotatable bonds is 8. The lowest BCUT2D eigenvalue weighted by atomic mass is 10.1. The molecular formula is C17H17F4NO3.